The van der Waals surface area contributed by atoms with Gasteiger partial charge in [0.1, 0.15) is 18.1 Å². The molecule has 0 radical (unpaired) electrons. The second kappa shape index (κ2) is 12.5. The van der Waals surface area contributed by atoms with Gasteiger partial charge in [0, 0.05) is 47.3 Å². The normalized spacial score (nSPS) is 15.9. The molecule has 0 unspecified atom stereocenters. The van der Waals surface area contributed by atoms with Crippen molar-refractivity contribution in [1.82, 2.24) is 5.32 Å². The number of fused-ring (bicyclic) bond motifs is 1. The number of benzene rings is 3. The summed E-state index contributed by atoms with van der Waals surface area (Å²) in [6, 6.07) is 20.5. The van der Waals surface area contributed by atoms with E-state index in [0.717, 1.165) is 59.8 Å². The lowest BCUT2D eigenvalue weighted by atomic mass is 9.87. The van der Waals surface area contributed by atoms with Gasteiger partial charge in [-0.25, -0.2) is 0 Å². The van der Waals surface area contributed by atoms with Crippen LogP contribution >= 0.6 is 0 Å². The Morgan fingerprint density at radius 1 is 0.927 bits per heavy atom. The van der Waals surface area contributed by atoms with E-state index in [1.165, 1.54) is 5.56 Å². The van der Waals surface area contributed by atoms with Crippen molar-refractivity contribution in [2.24, 2.45) is 0 Å². The van der Waals surface area contributed by atoms with Crippen LogP contribution in [0.15, 0.2) is 66.7 Å². The third-order valence-corrected chi connectivity index (χ3v) is 7.99. The van der Waals surface area contributed by atoms with Gasteiger partial charge in [-0.3, -0.25) is 0 Å². The molecule has 7 nitrogen and oxygen atoms in total. The molecule has 1 heterocycles. The zero-order valence-electron chi connectivity index (χ0n) is 24.7. The van der Waals surface area contributed by atoms with E-state index in [9.17, 15) is 5.11 Å². The summed E-state index contributed by atoms with van der Waals surface area (Å²) >= 11 is 0. The fourth-order valence-corrected chi connectivity index (χ4v) is 5.52. The molecule has 0 saturated heterocycles. The van der Waals surface area contributed by atoms with Crippen molar-refractivity contribution < 1.29 is 19.3 Å². The number of hydrogen-bond acceptors (Lipinski definition) is 7. The summed E-state index contributed by atoms with van der Waals surface area (Å²) in [5.74, 6) is 2.86. The van der Waals surface area contributed by atoms with Crippen LogP contribution in [0.25, 0.3) is 5.76 Å². The summed E-state index contributed by atoms with van der Waals surface area (Å²) in [6.45, 7) is 8.62. The predicted octanol–water partition coefficient (Wildman–Crippen LogP) is 6.86. The highest BCUT2D eigenvalue weighted by atomic mass is 16.5. The lowest BCUT2D eigenvalue weighted by Gasteiger charge is -2.28. The van der Waals surface area contributed by atoms with Crippen LogP contribution < -0.4 is 30.2 Å². The van der Waals surface area contributed by atoms with Crippen LogP contribution in [-0.2, 0) is 5.41 Å². The Bertz CT molecular complexity index is 1340. The van der Waals surface area contributed by atoms with Gasteiger partial charge in [0.05, 0.1) is 13.7 Å². The van der Waals surface area contributed by atoms with Gasteiger partial charge in [-0.15, -0.1) is 0 Å². The van der Waals surface area contributed by atoms with E-state index in [-0.39, 0.29) is 17.6 Å². The van der Waals surface area contributed by atoms with Gasteiger partial charge < -0.3 is 35.3 Å². The number of anilines is 3. The molecule has 5 rings (SSSR count). The minimum atomic E-state index is -0.159. The monoisotopic (exact) mass is 557 g/mol. The van der Waals surface area contributed by atoms with Gasteiger partial charge in [0.15, 0.2) is 11.5 Å². The molecule has 218 valence electrons. The number of aliphatic hydroxyl groups is 1. The van der Waals surface area contributed by atoms with Crippen molar-refractivity contribution in [1.29, 1.82) is 0 Å². The van der Waals surface area contributed by atoms with Crippen LogP contribution in [0.3, 0.4) is 0 Å². The smallest absolute Gasteiger partial charge is 0.163 e. The Hall–Kier alpha value is -3.68. The Morgan fingerprint density at radius 3 is 2.24 bits per heavy atom. The summed E-state index contributed by atoms with van der Waals surface area (Å²) in [7, 11) is 1.65. The Labute approximate surface area is 243 Å². The van der Waals surface area contributed by atoms with Crippen LogP contribution in [0.1, 0.15) is 57.6 Å². The van der Waals surface area contributed by atoms with E-state index in [2.05, 4.69) is 61.0 Å². The van der Waals surface area contributed by atoms with Crippen LogP contribution in [0, 0.1) is 0 Å². The Kier molecular flexibility index (Phi) is 8.76. The number of aliphatic hydroxyl groups excluding tert-OH is 1. The van der Waals surface area contributed by atoms with Gasteiger partial charge in [0.2, 0.25) is 0 Å². The van der Waals surface area contributed by atoms with Gasteiger partial charge in [-0.2, -0.15) is 0 Å². The van der Waals surface area contributed by atoms with Crippen LogP contribution in [0.5, 0.6) is 17.2 Å². The minimum Gasteiger partial charge on any atom is -0.493 e. The van der Waals surface area contributed by atoms with Gasteiger partial charge in [-0.05, 0) is 72.4 Å². The summed E-state index contributed by atoms with van der Waals surface area (Å²) in [5.41, 5.74) is 5.19. The van der Waals surface area contributed by atoms with E-state index in [1.807, 2.05) is 42.5 Å². The van der Waals surface area contributed by atoms with E-state index < -0.39 is 0 Å². The molecule has 0 aromatic heterocycles. The molecular formula is C34H43N3O4. The fourth-order valence-electron chi connectivity index (χ4n) is 5.52. The average molecular weight is 558 g/mol. The Balaban J connectivity index is 1.21. The zero-order valence-corrected chi connectivity index (χ0v) is 24.7. The number of hydrogen-bond donors (Lipinski definition) is 4. The molecular weight excluding hydrogens is 514 g/mol. The molecule has 4 N–H and O–H groups in total. The first-order valence-corrected chi connectivity index (χ1v) is 14.6. The van der Waals surface area contributed by atoms with E-state index >= 15 is 0 Å². The second-order valence-corrected chi connectivity index (χ2v) is 12.0. The molecule has 2 aliphatic rings. The molecule has 7 heteroatoms. The molecule has 1 aliphatic carbocycles. The Morgan fingerprint density at radius 2 is 1.61 bits per heavy atom. The maximum absolute atomic E-state index is 9.83. The maximum Gasteiger partial charge on any atom is 0.163 e. The third-order valence-electron chi connectivity index (χ3n) is 7.99. The van der Waals surface area contributed by atoms with E-state index in [0.29, 0.717) is 31.2 Å². The quantitative estimate of drug-likeness (QED) is 0.192. The van der Waals surface area contributed by atoms with Gasteiger partial charge in [-0.1, -0.05) is 45.7 Å². The van der Waals surface area contributed by atoms with Gasteiger partial charge >= 0.3 is 0 Å². The molecule has 3 aromatic rings. The molecule has 0 bridgehead atoms. The number of rotatable bonds is 11. The van der Waals surface area contributed by atoms with Crippen molar-refractivity contribution in [3.8, 4) is 17.2 Å². The highest BCUT2D eigenvalue weighted by Gasteiger charge is 2.32. The molecule has 3 aromatic carbocycles. The zero-order chi connectivity index (χ0) is 28.9. The summed E-state index contributed by atoms with van der Waals surface area (Å²) in [6.07, 6.45) is 6.36. The van der Waals surface area contributed by atoms with Crippen LogP contribution in [0.2, 0.25) is 0 Å². The minimum absolute atomic E-state index is 0.134. The third kappa shape index (κ3) is 6.97. The molecule has 1 saturated carbocycles. The second-order valence-electron chi connectivity index (χ2n) is 12.0. The summed E-state index contributed by atoms with van der Waals surface area (Å²) in [5, 5.41) is 20.2. The standard InChI is InChI=1S/C34H43N3O4/c1-33(2,3)24-7-9-25(10-8-24)37-26-11-13-27(14-12-26)41-30-15-18-35-29-22-32(31(39-4)21-28(29)30)40-20-19-36-34(23-38)16-5-6-17-34/h7-15,21-22,35-38H,5-6,16-20,23H2,1-4H3. The highest BCUT2D eigenvalue weighted by Crippen LogP contribution is 2.39. The summed E-state index contributed by atoms with van der Waals surface area (Å²) in [4.78, 5) is 0. The molecule has 0 atom stereocenters. The van der Waals surface area contributed by atoms with Crippen molar-refractivity contribution >= 4 is 22.8 Å². The lowest BCUT2D eigenvalue weighted by molar-refractivity contribution is 0.156. The van der Waals surface area contributed by atoms with Crippen LogP contribution in [0.4, 0.5) is 17.1 Å². The SMILES string of the molecule is COc1cc2c(cc1OCCNC1(CO)CCCC1)NCC=C2Oc1ccc(Nc2ccc(C(C)(C)C)cc2)cc1. The summed E-state index contributed by atoms with van der Waals surface area (Å²) < 4.78 is 18.1. The van der Waals surface area contributed by atoms with E-state index in [4.69, 9.17) is 14.2 Å². The molecule has 0 amide bonds. The maximum atomic E-state index is 9.83. The van der Waals surface area contributed by atoms with Gasteiger partial charge in [0.25, 0.3) is 0 Å². The number of nitrogens with one attached hydrogen (secondary N) is 3. The van der Waals surface area contributed by atoms with Crippen molar-refractivity contribution in [3.63, 3.8) is 0 Å². The highest BCUT2D eigenvalue weighted by molar-refractivity contribution is 5.80. The van der Waals surface area contributed by atoms with Crippen molar-refractivity contribution in [3.05, 3.63) is 77.9 Å². The average Bonchev–Trinajstić information content (AvgIpc) is 3.45. The first kappa shape index (κ1) is 28.8. The lowest BCUT2D eigenvalue weighted by Crippen LogP contribution is -2.47. The van der Waals surface area contributed by atoms with Crippen molar-refractivity contribution in [2.45, 2.75) is 57.4 Å². The first-order valence-electron chi connectivity index (χ1n) is 14.6. The largest absolute Gasteiger partial charge is 0.493 e. The first-order chi connectivity index (χ1) is 19.8. The van der Waals surface area contributed by atoms with Crippen LogP contribution in [-0.4, -0.2) is 44.1 Å². The van der Waals surface area contributed by atoms with E-state index in [1.54, 1.807) is 7.11 Å². The number of methoxy groups -OCH3 is 1. The van der Waals surface area contributed by atoms with Crippen molar-refractivity contribution in [2.75, 3.05) is 44.0 Å². The molecule has 1 aliphatic heterocycles. The predicted molar refractivity (Wildman–Crippen MR) is 167 cm³/mol. The fraction of sp³-hybridized carbons (Fsp3) is 0.412. The molecule has 41 heavy (non-hydrogen) atoms. The molecule has 1 fully saturated rings. The topological polar surface area (TPSA) is 84.0 Å². The molecule has 0 spiro atoms. The number of ether oxygens (including phenoxy) is 3.